The van der Waals surface area contributed by atoms with Crippen molar-refractivity contribution >= 4 is 17.3 Å². The van der Waals surface area contributed by atoms with Crippen molar-refractivity contribution in [2.75, 3.05) is 20.3 Å². The first-order valence-corrected chi connectivity index (χ1v) is 4.41. The third-order valence-corrected chi connectivity index (χ3v) is 1.87. The van der Waals surface area contributed by atoms with Gasteiger partial charge in [-0.05, 0) is 24.1 Å². The molecule has 0 bridgehead atoms. The minimum atomic E-state index is 0.180. The van der Waals surface area contributed by atoms with E-state index in [0.717, 1.165) is 19.6 Å². The van der Waals surface area contributed by atoms with Crippen LogP contribution in [-0.4, -0.2) is 25.4 Å². The van der Waals surface area contributed by atoms with Crippen LogP contribution in [0.15, 0.2) is 0 Å². The summed E-state index contributed by atoms with van der Waals surface area (Å²) in [7, 11) is 1.71. The second-order valence-electron chi connectivity index (χ2n) is 3.62. The highest BCUT2D eigenvalue weighted by atomic mass is 32.1. The molecule has 0 atom stereocenters. The molecule has 0 aromatic heterocycles. The fourth-order valence-corrected chi connectivity index (χ4v) is 0.865. The molecule has 0 aliphatic carbocycles. The molecule has 3 nitrogen and oxygen atoms in total. The molecule has 0 saturated heterocycles. The fourth-order valence-electron chi connectivity index (χ4n) is 0.793. The van der Waals surface area contributed by atoms with Crippen molar-refractivity contribution in [3.63, 3.8) is 0 Å². The van der Waals surface area contributed by atoms with Crippen LogP contribution in [0.2, 0.25) is 0 Å². The zero-order valence-corrected chi connectivity index (χ0v) is 8.83. The maximum atomic E-state index is 5.32. The molecule has 3 N–H and O–H groups in total. The summed E-state index contributed by atoms with van der Waals surface area (Å²) >= 11 is 4.71. The summed E-state index contributed by atoms with van der Waals surface area (Å²) in [5.41, 5.74) is 5.50. The van der Waals surface area contributed by atoms with Crippen molar-refractivity contribution < 1.29 is 4.74 Å². The van der Waals surface area contributed by atoms with Crippen molar-refractivity contribution in [2.24, 2.45) is 11.1 Å². The van der Waals surface area contributed by atoms with Gasteiger partial charge in [0.25, 0.3) is 0 Å². The molecule has 0 amide bonds. The molecule has 0 aromatic rings. The summed E-state index contributed by atoms with van der Waals surface area (Å²) < 4.78 is 4.99. The largest absolute Gasteiger partial charge is 0.385 e. The summed E-state index contributed by atoms with van der Waals surface area (Å²) in [5.74, 6) is 0. The van der Waals surface area contributed by atoms with E-state index >= 15 is 0 Å². The number of ether oxygens (including phenoxy) is 1. The third-order valence-electron chi connectivity index (χ3n) is 1.72. The van der Waals surface area contributed by atoms with E-state index < -0.39 is 0 Å². The van der Waals surface area contributed by atoms with Crippen LogP contribution in [0.1, 0.15) is 20.3 Å². The van der Waals surface area contributed by atoms with Gasteiger partial charge in [-0.15, -0.1) is 0 Å². The number of hydrogen-bond acceptors (Lipinski definition) is 2. The van der Waals surface area contributed by atoms with Gasteiger partial charge in [-0.25, -0.2) is 0 Å². The molecule has 0 aliphatic rings. The van der Waals surface area contributed by atoms with Gasteiger partial charge in [0.1, 0.15) is 0 Å². The first kappa shape index (κ1) is 11.6. The van der Waals surface area contributed by atoms with Crippen LogP contribution >= 0.6 is 12.2 Å². The first-order chi connectivity index (χ1) is 5.48. The Morgan fingerprint density at radius 3 is 2.58 bits per heavy atom. The standard InChI is InChI=1S/C8H18N2OS/c1-8(2,4-5-11-3)6-10-7(9)12/h4-6H2,1-3H3,(H3,9,10,12). The highest BCUT2D eigenvalue weighted by Gasteiger charge is 2.16. The van der Waals surface area contributed by atoms with Crippen molar-refractivity contribution in [1.82, 2.24) is 5.32 Å². The van der Waals surface area contributed by atoms with Gasteiger partial charge in [0.05, 0.1) is 0 Å². The molecule has 72 valence electrons. The molecule has 0 aromatic carbocycles. The van der Waals surface area contributed by atoms with E-state index in [4.69, 9.17) is 22.7 Å². The second kappa shape index (κ2) is 5.32. The van der Waals surface area contributed by atoms with Crippen LogP contribution in [0.25, 0.3) is 0 Å². The van der Waals surface area contributed by atoms with Gasteiger partial charge in [-0.2, -0.15) is 0 Å². The average molecular weight is 190 g/mol. The minimum absolute atomic E-state index is 0.180. The molecule has 0 saturated carbocycles. The summed E-state index contributed by atoms with van der Waals surface area (Å²) in [4.78, 5) is 0. The summed E-state index contributed by atoms with van der Waals surface area (Å²) in [5, 5.41) is 3.31. The first-order valence-electron chi connectivity index (χ1n) is 4.00. The number of rotatable bonds is 5. The van der Waals surface area contributed by atoms with Gasteiger partial charge in [0.15, 0.2) is 5.11 Å². The number of thiocarbonyl (C=S) groups is 1. The minimum Gasteiger partial charge on any atom is -0.385 e. The zero-order chi connectivity index (χ0) is 9.61. The van der Waals surface area contributed by atoms with Crippen molar-refractivity contribution in [2.45, 2.75) is 20.3 Å². The van der Waals surface area contributed by atoms with Gasteiger partial charge in [-0.3, -0.25) is 0 Å². The van der Waals surface area contributed by atoms with E-state index in [1.807, 2.05) is 0 Å². The molecule has 0 rings (SSSR count). The summed E-state index contributed by atoms with van der Waals surface area (Å²) in [6.07, 6.45) is 0.999. The highest BCUT2D eigenvalue weighted by Crippen LogP contribution is 2.18. The quantitative estimate of drug-likeness (QED) is 0.632. The molecule has 12 heavy (non-hydrogen) atoms. The summed E-state index contributed by atoms with van der Waals surface area (Å²) in [6, 6.07) is 0. The Hall–Kier alpha value is -0.350. The molecular weight excluding hydrogens is 172 g/mol. The Morgan fingerprint density at radius 2 is 2.17 bits per heavy atom. The van der Waals surface area contributed by atoms with Gasteiger partial charge in [0, 0.05) is 20.3 Å². The van der Waals surface area contributed by atoms with Gasteiger partial charge < -0.3 is 15.8 Å². The topological polar surface area (TPSA) is 47.3 Å². The van der Waals surface area contributed by atoms with Crippen LogP contribution in [-0.2, 0) is 4.74 Å². The Balaban J connectivity index is 3.63. The van der Waals surface area contributed by atoms with Crippen molar-refractivity contribution in [3.05, 3.63) is 0 Å². The lowest BCUT2D eigenvalue weighted by molar-refractivity contribution is 0.153. The maximum Gasteiger partial charge on any atom is 0.163 e. The van der Waals surface area contributed by atoms with E-state index in [1.165, 1.54) is 0 Å². The third kappa shape index (κ3) is 6.37. The highest BCUT2D eigenvalue weighted by molar-refractivity contribution is 7.80. The van der Waals surface area contributed by atoms with Gasteiger partial charge >= 0.3 is 0 Å². The second-order valence-corrected chi connectivity index (χ2v) is 4.06. The number of nitrogens with one attached hydrogen (secondary N) is 1. The van der Waals surface area contributed by atoms with Crippen LogP contribution < -0.4 is 11.1 Å². The van der Waals surface area contributed by atoms with E-state index in [-0.39, 0.29) is 5.41 Å². The molecule has 0 fully saturated rings. The Labute approximate surface area is 79.7 Å². The summed E-state index contributed by atoms with van der Waals surface area (Å²) in [6.45, 7) is 5.87. The predicted octanol–water partition coefficient (Wildman–Crippen LogP) is 0.882. The van der Waals surface area contributed by atoms with Crippen LogP contribution in [0, 0.1) is 5.41 Å². The van der Waals surface area contributed by atoms with Crippen LogP contribution in [0.5, 0.6) is 0 Å². The molecule has 0 spiro atoms. The SMILES string of the molecule is COCCC(C)(C)CNC(N)=S. The Bertz CT molecular complexity index is 148. The van der Waals surface area contributed by atoms with E-state index in [9.17, 15) is 0 Å². The molecule has 0 radical (unpaired) electrons. The van der Waals surface area contributed by atoms with Gasteiger partial charge in [-0.1, -0.05) is 13.8 Å². The smallest absolute Gasteiger partial charge is 0.163 e. The van der Waals surface area contributed by atoms with Crippen molar-refractivity contribution in [1.29, 1.82) is 0 Å². The Kier molecular flexibility index (Phi) is 5.17. The fraction of sp³-hybridized carbons (Fsp3) is 0.875. The average Bonchev–Trinajstić information content (AvgIpc) is 1.98. The lowest BCUT2D eigenvalue weighted by Crippen LogP contribution is -2.37. The molecule has 4 heteroatoms. The van der Waals surface area contributed by atoms with Crippen LogP contribution in [0.3, 0.4) is 0 Å². The maximum absolute atomic E-state index is 5.32. The zero-order valence-electron chi connectivity index (χ0n) is 8.02. The van der Waals surface area contributed by atoms with Crippen LogP contribution in [0.4, 0.5) is 0 Å². The monoisotopic (exact) mass is 190 g/mol. The normalized spacial score (nSPS) is 11.2. The number of hydrogen-bond donors (Lipinski definition) is 2. The predicted molar refractivity (Wildman–Crippen MR) is 55.1 cm³/mol. The lowest BCUT2D eigenvalue weighted by atomic mass is 9.90. The Morgan fingerprint density at radius 1 is 1.58 bits per heavy atom. The molecule has 0 heterocycles. The van der Waals surface area contributed by atoms with Gasteiger partial charge in [0.2, 0.25) is 0 Å². The van der Waals surface area contributed by atoms with E-state index in [2.05, 4.69) is 19.2 Å². The molecular formula is C8H18N2OS. The van der Waals surface area contributed by atoms with Crippen molar-refractivity contribution in [3.8, 4) is 0 Å². The molecule has 0 unspecified atom stereocenters. The number of methoxy groups -OCH3 is 1. The van der Waals surface area contributed by atoms with E-state index in [1.54, 1.807) is 7.11 Å². The van der Waals surface area contributed by atoms with E-state index in [0.29, 0.717) is 5.11 Å². The number of nitrogens with two attached hydrogens (primary N) is 1. The lowest BCUT2D eigenvalue weighted by Gasteiger charge is -2.24. The molecule has 0 aliphatic heterocycles.